The average molecular weight is 325 g/mol. The highest BCUT2D eigenvalue weighted by Crippen LogP contribution is 2.35. The van der Waals surface area contributed by atoms with Crippen LogP contribution in [0.3, 0.4) is 0 Å². The van der Waals surface area contributed by atoms with Crippen molar-refractivity contribution >= 4 is 17.7 Å². The molecule has 0 radical (unpaired) electrons. The highest BCUT2D eigenvalue weighted by molar-refractivity contribution is 5.90. The van der Waals surface area contributed by atoms with Crippen LogP contribution < -0.4 is 5.32 Å². The van der Waals surface area contributed by atoms with Crippen LogP contribution in [-0.4, -0.2) is 65.9 Å². The third-order valence-electron chi connectivity index (χ3n) is 5.40. The van der Waals surface area contributed by atoms with Gasteiger partial charge in [-0.3, -0.25) is 14.4 Å². The maximum Gasteiger partial charge on any atom is 0.260 e. The van der Waals surface area contributed by atoms with Gasteiger partial charge in [-0.05, 0) is 25.7 Å². The van der Waals surface area contributed by atoms with Gasteiger partial charge in [0.15, 0.2) is 5.67 Å². The van der Waals surface area contributed by atoms with Gasteiger partial charge in [-0.2, -0.15) is 0 Å². The second-order valence-electron chi connectivity index (χ2n) is 6.95. The van der Waals surface area contributed by atoms with Gasteiger partial charge in [0.25, 0.3) is 5.91 Å². The summed E-state index contributed by atoms with van der Waals surface area (Å²) in [7, 11) is 1.56. The molecule has 0 aromatic carbocycles. The van der Waals surface area contributed by atoms with E-state index >= 15 is 0 Å². The topological polar surface area (TPSA) is 69.7 Å². The van der Waals surface area contributed by atoms with Crippen molar-refractivity contribution in [3.05, 3.63) is 0 Å². The van der Waals surface area contributed by atoms with E-state index < -0.39 is 11.6 Å². The Morgan fingerprint density at radius 1 is 1.17 bits per heavy atom. The predicted octanol–water partition coefficient (Wildman–Crippen LogP) is 0.464. The molecule has 2 aliphatic heterocycles. The second-order valence-corrected chi connectivity index (χ2v) is 6.95. The van der Waals surface area contributed by atoms with Crippen LogP contribution >= 0.6 is 0 Å². The summed E-state index contributed by atoms with van der Waals surface area (Å²) in [6.07, 6.45) is 3.36. The van der Waals surface area contributed by atoms with Crippen LogP contribution in [0.1, 0.15) is 38.5 Å². The number of nitrogens with zero attached hydrogens (tertiary/aromatic N) is 2. The van der Waals surface area contributed by atoms with Crippen molar-refractivity contribution in [1.29, 1.82) is 0 Å². The van der Waals surface area contributed by atoms with Crippen LogP contribution in [0.15, 0.2) is 0 Å². The van der Waals surface area contributed by atoms with E-state index in [4.69, 9.17) is 0 Å². The van der Waals surface area contributed by atoms with E-state index in [1.807, 2.05) is 0 Å². The predicted molar refractivity (Wildman–Crippen MR) is 81.2 cm³/mol. The van der Waals surface area contributed by atoms with Crippen molar-refractivity contribution in [1.82, 2.24) is 15.1 Å². The lowest BCUT2D eigenvalue weighted by Gasteiger charge is -2.46. The SMILES string of the molecule is CNC(=O)C1CC(=O)N(C2CN(C(=O)C3(F)CCCCC3)C2)C1. The number of carbonyl (C=O) groups excluding carboxylic acids is 3. The van der Waals surface area contributed by atoms with Gasteiger partial charge in [-0.25, -0.2) is 4.39 Å². The Balaban J connectivity index is 1.54. The second kappa shape index (κ2) is 6.09. The van der Waals surface area contributed by atoms with Crippen molar-refractivity contribution in [2.45, 2.75) is 50.2 Å². The van der Waals surface area contributed by atoms with Crippen LogP contribution in [0.5, 0.6) is 0 Å². The molecule has 0 spiro atoms. The monoisotopic (exact) mass is 325 g/mol. The minimum absolute atomic E-state index is 0.0525. The van der Waals surface area contributed by atoms with Gasteiger partial charge >= 0.3 is 0 Å². The average Bonchev–Trinajstić information content (AvgIpc) is 2.87. The zero-order chi connectivity index (χ0) is 16.6. The molecule has 0 aromatic heterocycles. The Bertz CT molecular complexity index is 513. The molecule has 128 valence electrons. The number of carbonyl (C=O) groups is 3. The Morgan fingerprint density at radius 2 is 1.83 bits per heavy atom. The quantitative estimate of drug-likeness (QED) is 0.820. The van der Waals surface area contributed by atoms with Crippen LogP contribution in [0, 0.1) is 5.92 Å². The lowest BCUT2D eigenvalue weighted by atomic mass is 9.84. The maximum absolute atomic E-state index is 14.7. The molecule has 1 N–H and O–H groups in total. The van der Waals surface area contributed by atoms with Crippen LogP contribution in [-0.2, 0) is 14.4 Å². The molecule has 3 fully saturated rings. The molecular formula is C16H24FN3O3. The molecular weight excluding hydrogens is 301 g/mol. The first-order valence-electron chi connectivity index (χ1n) is 8.44. The summed E-state index contributed by atoms with van der Waals surface area (Å²) in [6.45, 7) is 1.17. The summed E-state index contributed by atoms with van der Waals surface area (Å²) in [5.41, 5.74) is -1.71. The van der Waals surface area contributed by atoms with Crippen LogP contribution in [0.2, 0.25) is 0 Å². The smallest absolute Gasteiger partial charge is 0.260 e. The first-order valence-corrected chi connectivity index (χ1v) is 8.44. The van der Waals surface area contributed by atoms with E-state index in [2.05, 4.69) is 5.32 Å². The minimum atomic E-state index is -1.71. The fourth-order valence-corrected chi connectivity index (χ4v) is 3.89. The highest BCUT2D eigenvalue weighted by Gasteiger charge is 2.49. The van der Waals surface area contributed by atoms with Crippen LogP contribution in [0.4, 0.5) is 4.39 Å². The molecule has 0 aromatic rings. The fraction of sp³-hybridized carbons (Fsp3) is 0.812. The number of likely N-dealkylation sites (tertiary alicyclic amines) is 2. The number of hydrogen-bond acceptors (Lipinski definition) is 3. The normalized spacial score (nSPS) is 27.7. The largest absolute Gasteiger partial charge is 0.359 e. The van der Waals surface area contributed by atoms with Gasteiger partial charge in [0, 0.05) is 33.1 Å². The maximum atomic E-state index is 14.7. The molecule has 3 aliphatic rings. The first-order chi connectivity index (χ1) is 10.9. The van der Waals surface area contributed by atoms with Gasteiger partial charge in [0.05, 0.1) is 12.0 Å². The summed E-state index contributed by atoms with van der Waals surface area (Å²) in [6, 6.07) is -0.0757. The Morgan fingerprint density at radius 3 is 2.43 bits per heavy atom. The van der Waals surface area contributed by atoms with E-state index in [-0.39, 0.29) is 30.2 Å². The van der Waals surface area contributed by atoms with Gasteiger partial charge in [-0.15, -0.1) is 0 Å². The number of hydrogen-bond donors (Lipinski definition) is 1. The number of halogens is 1. The van der Waals surface area contributed by atoms with Gasteiger partial charge in [-0.1, -0.05) is 6.42 Å². The number of nitrogens with one attached hydrogen (secondary N) is 1. The molecule has 3 rings (SSSR count). The van der Waals surface area contributed by atoms with Crippen molar-refractivity contribution < 1.29 is 18.8 Å². The summed E-state index contributed by atoms with van der Waals surface area (Å²) < 4.78 is 14.7. The molecule has 1 saturated carbocycles. The van der Waals surface area contributed by atoms with Crippen molar-refractivity contribution in [2.24, 2.45) is 5.92 Å². The van der Waals surface area contributed by atoms with E-state index in [1.54, 1.807) is 11.9 Å². The lowest BCUT2D eigenvalue weighted by Crippen LogP contribution is -2.64. The van der Waals surface area contributed by atoms with Crippen molar-refractivity contribution in [3.63, 3.8) is 0 Å². The molecule has 23 heavy (non-hydrogen) atoms. The van der Waals surface area contributed by atoms with Gasteiger partial charge in [0.2, 0.25) is 11.8 Å². The number of rotatable bonds is 3. The van der Waals surface area contributed by atoms with Gasteiger partial charge < -0.3 is 15.1 Å². The van der Waals surface area contributed by atoms with E-state index in [0.29, 0.717) is 32.5 Å². The Kier molecular flexibility index (Phi) is 4.29. The Hall–Kier alpha value is -1.66. The van der Waals surface area contributed by atoms with E-state index in [0.717, 1.165) is 19.3 Å². The number of amides is 3. The molecule has 7 heteroatoms. The summed E-state index contributed by atoms with van der Waals surface area (Å²) in [5.74, 6) is -0.910. The molecule has 3 amide bonds. The zero-order valence-corrected chi connectivity index (χ0v) is 13.5. The van der Waals surface area contributed by atoms with E-state index in [1.165, 1.54) is 4.90 Å². The summed E-state index contributed by atoms with van der Waals surface area (Å²) in [4.78, 5) is 39.2. The van der Waals surface area contributed by atoms with Crippen LogP contribution in [0.25, 0.3) is 0 Å². The van der Waals surface area contributed by atoms with Crippen molar-refractivity contribution in [3.8, 4) is 0 Å². The molecule has 2 heterocycles. The third-order valence-corrected chi connectivity index (χ3v) is 5.40. The molecule has 1 atom stereocenters. The molecule has 6 nitrogen and oxygen atoms in total. The van der Waals surface area contributed by atoms with Crippen molar-refractivity contribution in [2.75, 3.05) is 26.7 Å². The number of alkyl halides is 1. The first kappa shape index (κ1) is 16.2. The standard InChI is InChI=1S/C16H24FN3O3/c1-18-14(22)11-7-13(21)20(8-11)12-9-19(10-12)15(23)16(17)5-3-2-4-6-16/h11-12H,2-10H2,1H3,(H,18,22). The fourth-order valence-electron chi connectivity index (χ4n) is 3.89. The van der Waals surface area contributed by atoms with Gasteiger partial charge in [0.1, 0.15) is 0 Å². The Labute approximate surface area is 135 Å². The highest BCUT2D eigenvalue weighted by atomic mass is 19.1. The summed E-state index contributed by atoms with van der Waals surface area (Å²) >= 11 is 0. The third kappa shape index (κ3) is 2.93. The molecule has 1 unspecified atom stereocenters. The molecule has 2 saturated heterocycles. The minimum Gasteiger partial charge on any atom is -0.359 e. The molecule has 0 bridgehead atoms. The lowest BCUT2D eigenvalue weighted by molar-refractivity contribution is -0.156. The molecule has 1 aliphatic carbocycles. The summed E-state index contributed by atoms with van der Waals surface area (Å²) in [5, 5.41) is 2.57. The zero-order valence-electron chi connectivity index (χ0n) is 13.5. The van der Waals surface area contributed by atoms with E-state index in [9.17, 15) is 18.8 Å².